The Morgan fingerprint density at radius 1 is 1.04 bits per heavy atom. The van der Waals surface area contributed by atoms with Crippen LogP contribution in [-0.2, 0) is 17.0 Å². The molecule has 0 atom stereocenters. The maximum atomic E-state index is 11.6. The number of rotatable bonds is 8. The van der Waals surface area contributed by atoms with Gasteiger partial charge in [0.15, 0.2) is 0 Å². The van der Waals surface area contributed by atoms with Crippen molar-refractivity contribution in [2.24, 2.45) is 0 Å². The van der Waals surface area contributed by atoms with Gasteiger partial charge in [0.1, 0.15) is 5.82 Å². The van der Waals surface area contributed by atoms with Gasteiger partial charge in [-0.05, 0) is 36.2 Å². The van der Waals surface area contributed by atoms with Crippen LogP contribution < -0.4 is 4.90 Å². The van der Waals surface area contributed by atoms with Crippen LogP contribution >= 0.6 is 11.8 Å². The van der Waals surface area contributed by atoms with Gasteiger partial charge >= 0.3 is 5.97 Å². The quantitative estimate of drug-likeness (QED) is 0.390. The van der Waals surface area contributed by atoms with E-state index in [1.54, 1.807) is 12.3 Å². The number of aromatic nitrogens is 1. The highest BCUT2D eigenvalue weighted by molar-refractivity contribution is 7.98. The van der Waals surface area contributed by atoms with Crippen molar-refractivity contribution in [1.82, 2.24) is 4.98 Å². The van der Waals surface area contributed by atoms with Crippen molar-refractivity contribution in [3.05, 3.63) is 89.6 Å². The van der Waals surface area contributed by atoms with Crippen molar-refractivity contribution in [2.45, 2.75) is 24.1 Å². The molecule has 3 aromatic rings. The maximum absolute atomic E-state index is 11.6. The lowest BCUT2D eigenvalue weighted by Gasteiger charge is -2.23. The molecule has 0 aliphatic carbocycles. The lowest BCUT2D eigenvalue weighted by molar-refractivity contribution is 0.0600. The van der Waals surface area contributed by atoms with Gasteiger partial charge in [0.25, 0.3) is 0 Å². The van der Waals surface area contributed by atoms with Crippen molar-refractivity contribution < 1.29 is 9.53 Å². The van der Waals surface area contributed by atoms with Crippen molar-refractivity contribution in [1.29, 1.82) is 0 Å². The number of methoxy groups -OCH3 is 1. The Morgan fingerprint density at radius 3 is 2.46 bits per heavy atom. The van der Waals surface area contributed by atoms with Gasteiger partial charge in [-0.3, -0.25) is 0 Å². The van der Waals surface area contributed by atoms with Crippen LogP contribution in [0.2, 0.25) is 0 Å². The van der Waals surface area contributed by atoms with Gasteiger partial charge in [0, 0.05) is 29.9 Å². The molecule has 3 rings (SSSR count). The summed E-state index contributed by atoms with van der Waals surface area (Å²) in [5, 5.41) is 0. The van der Waals surface area contributed by atoms with Gasteiger partial charge in [-0.25, -0.2) is 9.78 Å². The fraction of sp³-hybridized carbons (Fsp3) is 0.217. The molecule has 0 saturated carbocycles. The van der Waals surface area contributed by atoms with E-state index in [1.165, 1.54) is 23.1 Å². The standard InChI is InChI=1S/C23H24N2O2S/c1-3-25(22-14-13-19(15-24-22)23(26)27-2)16-20-11-7-8-12-21(20)28-17-18-9-5-4-6-10-18/h4-15H,3,16-17H2,1-2H3. The molecule has 0 amide bonds. The Bertz CT molecular complexity index is 898. The molecule has 0 aliphatic heterocycles. The highest BCUT2D eigenvalue weighted by Crippen LogP contribution is 2.28. The number of thioether (sulfide) groups is 1. The van der Waals surface area contributed by atoms with Crippen LogP contribution in [0.1, 0.15) is 28.4 Å². The maximum Gasteiger partial charge on any atom is 0.339 e. The Balaban J connectivity index is 1.73. The Hall–Kier alpha value is -2.79. The zero-order valence-corrected chi connectivity index (χ0v) is 17.0. The van der Waals surface area contributed by atoms with Crippen molar-refractivity contribution in [2.75, 3.05) is 18.6 Å². The molecule has 1 heterocycles. The first-order valence-electron chi connectivity index (χ1n) is 9.25. The summed E-state index contributed by atoms with van der Waals surface area (Å²) in [6.07, 6.45) is 1.57. The molecule has 0 bridgehead atoms. The van der Waals surface area contributed by atoms with E-state index in [0.29, 0.717) is 5.56 Å². The highest BCUT2D eigenvalue weighted by Gasteiger charge is 2.12. The van der Waals surface area contributed by atoms with Crippen LogP contribution in [0.5, 0.6) is 0 Å². The molecular formula is C23H24N2O2S. The molecule has 0 saturated heterocycles. The van der Waals surface area contributed by atoms with E-state index in [-0.39, 0.29) is 5.97 Å². The fourth-order valence-corrected chi connectivity index (χ4v) is 3.89. The average molecular weight is 393 g/mol. The Labute approximate surface area is 170 Å². The summed E-state index contributed by atoms with van der Waals surface area (Å²) >= 11 is 1.85. The van der Waals surface area contributed by atoms with E-state index in [4.69, 9.17) is 4.74 Å². The van der Waals surface area contributed by atoms with E-state index >= 15 is 0 Å². The second kappa shape index (κ2) is 9.95. The largest absolute Gasteiger partial charge is 0.465 e. The third kappa shape index (κ3) is 5.14. The first kappa shape index (κ1) is 20.0. The molecule has 0 radical (unpaired) electrons. The van der Waals surface area contributed by atoms with Gasteiger partial charge < -0.3 is 9.64 Å². The number of anilines is 1. The van der Waals surface area contributed by atoms with E-state index in [0.717, 1.165) is 24.7 Å². The highest BCUT2D eigenvalue weighted by atomic mass is 32.2. The SMILES string of the molecule is CCN(Cc1ccccc1SCc1ccccc1)c1ccc(C(=O)OC)cn1. The van der Waals surface area contributed by atoms with Crippen LogP contribution in [-0.4, -0.2) is 24.6 Å². The summed E-state index contributed by atoms with van der Waals surface area (Å²) in [5.74, 6) is 1.42. The first-order valence-corrected chi connectivity index (χ1v) is 10.2. The van der Waals surface area contributed by atoms with E-state index in [9.17, 15) is 4.79 Å². The first-order chi connectivity index (χ1) is 13.7. The molecule has 2 aromatic carbocycles. The Morgan fingerprint density at radius 2 is 1.79 bits per heavy atom. The smallest absolute Gasteiger partial charge is 0.339 e. The fourth-order valence-electron chi connectivity index (χ4n) is 2.88. The molecular weight excluding hydrogens is 368 g/mol. The minimum Gasteiger partial charge on any atom is -0.465 e. The van der Waals surface area contributed by atoms with E-state index in [2.05, 4.69) is 65.3 Å². The second-order valence-corrected chi connectivity index (χ2v) is 7.31. The monoisotopic (exact) mass is 392 g/mol. The normalized spacial score (nSPS) is 10.5. The summed E-state index contributed by atoms with van der Waals surface area (Å²) in [5.41, 5.74) is 3.04. The number of carbonyl (C=O) groups is 1. The molecule has 28 heavy (non-hydrogen) atoms. The predicted octanol–water partition coefficient (Wildman–Crippen LogP) is 5.19. The van der Waals surface area contributed by atoms with Crippen LogP contribution in [0.4, 0.5) is 5.82 Å². The summed E-state index contributed by atoms with van der Waals surface area (Å²) < 4.78 is 4.74. The molecule has 4 nitrogen and oxygen atoms in total. The lowest BCUT2D eigenvalue weighted by atomic mass is 10.2. The van der Waals surface area contributed by atoms with Gasteiger partial charge in [-0.15, -0.1) is 11.8 Å². The molecule has 0 spiro atoms. The molecule has 0 fully saturated rings. The number of hydrogen-bond acceptors (Lipinski definition) is 5. The van der Waals surface area contributed by atoms with Gasteiger partial charge in [0.2, 0.25) is 0 Å². The van der Waals surface area contributed by atoms with Gasteiger partial charge in [0.05, 0.1) is 12.7 Å². The molecule has 1 aromatic heterocycles. The Kier molecular flexibility index (Phi) is 7.09. The van der Waals surface area contributed by atoms with Crippen molar-refractivity contribution >= 4 is 23.5 Å². The number of hydrogen-bond donors (Lipinski definition) is 0. The second-order valence-electron chi connectivity index (χ2n) is 6.29. The third-order valence-corrected chi connectivity index (χ3v) is 5.63. The van der Waals surface area contributed by atoms with Crippen LogP contribution in [0, 0.1) is 0 Å². The number of ether oxygens (including phenoxy) is 1. The topological polar surface area (TPSA) is 42.4 Å². The average Bonchev–Trinajstić information content (AvgIpc) is 2.77. The molecule has 0 unspecified atom stereocenters. The number of esters is 1. The van der Waals surface area contributed by atoms with E-state index in [1.807, 2.05) is 23.9 Å². The van der Waals surface area contributed by atoms with E-state index < -0.39 is 0 Å². The molecule has 5 heteroatoms. The van der Waals surface area contributed by atoms with Crippen molar-refractivity contribution in [3.63, 3.8) is 0 Å². The van der Waals surface area contributed by atoms with Crippen LogP contribution in [0.3, 0.4) is 0 Å². The predicted molar refractivity (Wildman–Crippen MR) is 115 cm³/mol. The minimum absolute atomic E-state index is 0.371. The molecule has 144 valence electrons. The number of carbonyl (C=O) groups excluding carboxylic acids is 1. The minimum atomic E-state index is -0.371. The molecule has 0 N–H and O–H groups in total. The zero-order valence-electron chi connectivity index (χ0n) is 16.2. The summed E-state index contributed by atoms with van der Waals surface area (Å²) in [7, 11) is 1.37. The van der Waals surface area contributed by atoms with Gasteiger partial charge in [-0.1, -0.05) is 48.5 Å². The summed E-state index contributed by atoms with van der Waals surface area (Å²) in [6.45, 7) is 3.69. The molecule has 0 aliphatic rings. The third-order valence-electron chi connectivity index (χ3n) is 4.45. The summed E-state index contributed by atoms with van der Waals surface area (Å²) in [4.78, 5) is 19.5. The summed E-state index contributed by atoms with van der Waals surface area (Å²) in [6, 6.07) is 22.6. The van der Waals surface area contributed by atoms with Crippen molar-refractivity contribution in [3.8, 4) is 0 Å². The van der Waals surface area contributed by atoms with Crippen LogP contribution in [0.15, 0.2) is 77.8 Å². The number of pyridine rings is 1. The number of nitrogens with zero attached hydrogens (tertiary/aromatic N) is 2. The van der Waals surface area contributed by atoms with Crippen LogP contribution in [0.25, 0.3) is 0 Å². The lowest BCUT2D eigenvalue weighted by Crippen LogP contribution is -2.23. The number of benzene rings is 2. The van der Waals surface area contributed by atoms with Gasteiger partial charge in [-0.2, -0.15) is 0 Å². The zero-order chi connectivity index (χ0) is 19.8.